The molecule has 0 saturated carbocycles. The smallest absolute Gasteiger partial charge is 0.342 e. The Hall–Kier alpha value is -1.81. The molecule has 3 nitrogen and oxygen atoms in total. The van der Waals surface area contributed by atoms with E-state index in [1.807, 2.05) is 36.4 Å². The van der Waals surface area contributed by atoms with E-state index in [4.69, 9.17) is 9.47 Å². The highest BCUT2D eigenvalue weighted by molar-refractivity contribution is 9.08. The molecular formula is C16H15BrO3. The van der Waals surface area contributed by atoms with Crippen molar-refractivity contribution in [1.29, 1.82) is 0 Å². The molecule has 0 bridgehead atoms. The van der Waals surface area contributed by atoms with Gasteiger partial charge in [-0.1, -0.05) is 52.3 Å². The second-order valence-electron chi connectivity index (χ2n) is 4.23. The fourth-order valence-corrected chi connectivity index (χ4v) is 2.15. The average Bonchev–Trinajstić information content (AvgIpc) is 2.52. The Morgan fingerprint density at radius 2 is 1.85 bits per heavy atom. The number of carbonyl (C=O) groups excluding carboxylic acids is 1. The number of carbonyl (C=O) groups is 1. The summed E-state index contributed by atoms with van der Waals surface area (Å²) in [6, 6.07) is 15.0. The first-order valence-electron chi connectivity index (χ1n) is 6.18. The number of alkyl halides is 1. The van der Waals surface area contributed by atoms with Gasteiger partial charge in [0.05, 0.1) is 7.11 Å². The molecular weight excluding hydrogens is 320 g/mol. The number of hydrogen-bond acceptors (Lipinski definition) is 3. The van der Waals surface area contributed by atoms with Crippen molar-refractivity contribution in [3.8, 4) is 5.75 Å². The van der Waals surface area contributed by atoms with E-state index in [1.54, 1.807) is 12.1 Å². The summed E-state index contributed by atoms with van der Waals surface area (Å²) >= 11 is 3.37. The van der Waals surface area contributed by atoms with Gasteiger partial charge in [-0.3, -0.25) is 0 Å². The second-order valence-corrected chi connectivity index (χ2v) is 4.79. The lowest BCUT2D eigenvalue weighted by Gasteiger charge is -2.10. The maximum absolute atomic E-state index is 12.1. The molecule has 2 aromatic rings. The molecule has 0 aromatic heterocycles. The van der Waals surface area contributed by atoms with E-state index in [0.29, 0.717) is 16.6 Å². The third-order valence-corrected chi connectivity index (χ3v) is 3.50. The molecule has 2 rings (SSSR count). The van der Waals surface area contributed by atoms with Crippen LogP contribution in [0.1, 0.15) is 21.5 Å². The normalized spacial score (nSPS) is 10.1. The van der Waals surface area contributed by atoms with Crippen molar-refractivity contribution in [2.75, 3.05) is 7.11 Å². The first-order chi connectivity index (χ1) is 9.74. The number of methoxy groups -OCH3 is 1. The summed E-state index contributed by atoms with van der Waals surface area (Å²) in [5.41, 5.74) is 2.40. The van der Waals surface area contributed by atoms with Gasteiger partial charge in [-0.2, -0.15) is 0 Å². The van der Waals surface area contributed by atoms with Gasteiger partial charge in [0.1, 0.15) is 17.9 Å². The van der Waals surface area contributed by atoms with E-state index < -0.39 is 0 Å². The Morgan fingerprint density at radius 1 is 1.10 bits per heavy atom. The minimum absolute atomic E-state index is 0.251. The third kappa shape index (κ3) is 3.61. The first-order valence-corrected chi connectivity index (χ1v) is 7.30. The van der Waals surface area contributed by atoms with Crippen LogP contribution in [0.15, 0.2) is 48.5 Å². The highest BCUT2D eigenvalue weighted by Crippen LogP contribution is 2.22. The number of benzene rings is 2. The molecule has 4 heteroatoms. The molecule has 20 heavy (non-hydrogen) atoms. The van der Waals surface area contributed by atoms with E-state index >= 15 is 0 Å². The summed E-state index contributed by atoms with van der Waals surface area (Å²) < 4.78 is 10.5. The zero-order valence-electron chi connectivity index (χ0n) is 11.1. The third-order valence-electron chi connectivity index (χ3n) is 2.85. The Morgan fingerprint density at radius 3 is 2.50 bits per heavy atom. The van der Waals surface area contributed by atoms with E-state index in [9.17, 15) is 4.79 Å². The fourth-order valence-electron chi connectivity index (χ4n) is 1.80. The van der Waals surface area contributed by atoms with Crippen molar-refractivity contribution in [3.63, 3.8) is 0 Å². The largest absolute Gasteiger partial charge is 0.496 e. The predicted molar refractivity (Wildman–Crippen MR) is 81.2 cm³/mol. The van der Waals surface area contributed by atoms with Crippen LogP contribution >= 0.6 is 15.9 Å². The summed E-state index contributed by atoms with van der Waals surface area (Å²) in [6.45, 7) is 0.251. The number of ether oxygens (including phenoxy) is 2. The number of esters is 1. The highest BCUT2D eigenvalue weighted by atomic mass is 79.9. The molecule has 0 heterocycles. The lowest BCUT2D eigenvalue weighted by atomic mass is 10.1. The quantitative estimate of drug-likeness (QED) is 0.613. The van der Waals surface area contributed by atoms with Gasteiger partial charge in [-0.25, -0.2) is 4.79 Å². The van der Waals surface area contributed by atoms with E-state index in [-0.39, 0.29) is 12.6 Å². The lowest BCUT2D eigenvalue weighted by molar-refractivity contribution is 0.0469. The summed E-state index contributed by atoms with van der Waals surface area (Å²) in [7, 11) is 1.54. The van der Waals surface area contributed by atoms with Crippen molar-refractivity contribution in [1.82, 2.24) is 0 Å². The highest BCUT2D eigenvalue weighted by Gasteiger charge is 2.14. The van der Waals surface area contributed by atoms with Gasteiger partial charge in [-0.05, 0) is 23.3 Å². The average molecular weight is 335 g/mol. The maximum atomic E-state index is 12.1. The molecule has 0 amide bonds. The van der Waals surface area contributed by atoms with E-state index in [2.05, 4.69) is 15.9 Å². The zero-order chi connectivity index (χ0) is 14.4. The summed E-state index contributed by atoms with van der Waals surface area (Å²) in [5.74, 6) is 0.140. The van der Waals surface area contributed by atoms with Crippen LogP contribution < -0.4 is 4.74 Å². The molecule has 0 atom stereocenters. The predicted octanol–water partition coefficient (Wildman–Crippen LogP) is 3.95. The van der Waals surface area contributed by atoms with Gasteiger partial charge in [0, 0.05) is 5.33 Å². The molecule has 2 aromatic carbocycles. The Bertz CT molecular complexity index is 582. The van der Waals surface area contributed by atoms with E-state index in [0.717, 1.165) is 11.1 Å². The minimum atomic E-state index is -0.381. The van der Waals surface area contributed by atoms with Crippen molar-refractivity contribution in [2.24, 2.45) is 0 Å². The van der Waals surface area contributed by atoms with Crippen LogP contribution in [-0.4, -0.2) is 13.1 Å². The first kappa shape index (κ1) is 14.6. The maximum Gasteiger partial charge on any atom is 0.342 e. The Kier molecular flexibility index (Phi) is 5.18. The second kappa shape index (κ2) is 7.10. The topological polar surface area (TPSA) is 35.5 Å². The van der Waals surface area contributed by atoms with Crippen molar-refractivity contribution >= 4 is 21.9 Å². The molecule has 0 N–H and O–H groups in total. The molecule has 0 saturated heterocycles. The zero-order valence-corrected chi connectivity index (χ0v) is 12.7. The van der Waals surface area contributed by atoms with Crippen molar-refractivity contribution in [3.05, 3.63) is 65.2 Å². The van der Waals surface area contributed by atoms with Crippen LogP contribution in [0.25, 0.3) is 0 Å². The monoisotopic (exact) mass is 334 g/mol. The fraction of sp³-hybridized carbons (Fsp3) is 0.188. The van der Waals surface area contributed by atoms with Gasteiger partial charge < -0.3 is 9.47 Å². The van der Waals surface area contributed by atoms with Crippen LogP contribution in [0.4, 0.5) is 0 Å². The van der Waals surface area contributed by atoms with Gasteiger partial charge in [0.2, 0.25) is 0 Å². The van der Waals surface area contributed by atoms with Crippen molar-refractivity contribution in [2.45, 2.75) is 11.9 Å². The van der Waals surface area contributed by atoms with Gasteiger partial charge in [0.15, 0.2) is 0 Å². The van der Waals surface area contributed by atoms with Gasteiger partial charge >= 0.3 is 5.97 Å². The molecule has 0 spiro atoms. The molecule has 0 unspecified atom stereocenters. The summed E-state index contributed by atoms with van der Waals surface area (Å²) in [6.07, 6.45) is 0. The van der Waals surface area contributed by atoms with Gasteiger partial charge in [0.25, 0.3) is 0 Å². The molecule has 104 valence electrons. The number of halogens is 1. The molecule has 0 aliphatic rings. The number of hydrogen-bond donors (Lipinski definition) is 0. The lowest BCUT2D eigenvalue weighted by Crippen LogP contribution is -2.07. The molecule has 0 radical (unpaired) electrons. The van der Waals surface area contributed by atoms with Crippen LogP contribution in [0.5, 0.6) is 5.75 Å². The molecule has 0 aliphatic carbocycles. The Balaban J connectivity index is 2.12. The van der Waals surface area contributed by atoms with Crippen LogP contribution in [0, 0.1) is 0 Å². The molecule has 0 aliphatic heterocycles. The molecule has 0 fully saturated rings. The van der Waals surface area contributed by atoms with Crippen LogP contribution in [0.3, 0.4) is 0 Å². The van der Waals surface area contributed by atoms with E-state index in [1.165, 1.54) is 7.11 Å². The van der Waals surface area contributed by atoms with Gasteiger partial charge in [-0.15, -0.1) is 0 Å². The van der Waals surface area contributed by atoms with Crippen LogP contribution in [0.2, 0.25) is 0 Å². The summed E-state index contributed by atoms with van der Waals surface area (Å²) in [5, 5.41) is 0.677. The van der Waals surface area contributed by atoms with Crippen LogP contribution in [-0.2, 0) is 16.7 Å². The SMILES string of the molecule is COc1ccc(CBr)cc1C(=O)OCc1ccccc1. The Labute approximate surface area is 126 Å². The summed E-state index contributed by atoms with van der Waals surface area (Å²) in [4.78, 5) is 12.1. The number of rotatable bonds is 5. The standard InChI is InChI=1S/C16H15BrO3/c1-19-15-8-7-13(10-17)9-14(15)16(18)20-11-12-5-3-2-4-6-12/h2-9H,10-11H2,1H3. The van der Waals surface area contributed by atoms with Crippen molar-refractivity contribution < 1.29 is 14.3 Å². The minimum Gasteiger partial charge on any atom is -0.496 e.